The van der Waals surface area contributed by atoms with E-state index >= 15 is 0 Å². The van der Waals surface area contributed by atoms with Gasteiger partial charge in [-0.3, -0.25) is 14.4 Å². The lowest BCUT2D eigenvalue weighted by molar-refractivity contribution is -0.135. The Morgan fingerprint density at radius 2 is 1.88 bits per heavy atom. The molecule has 3 N–H and O–H groups in total. The fourth-order valence-electron chi connectivity index (χ4n) is 3.11. The lowest BCUT2D eigenvalue weighted by atomic mass is 9.89. The zero-order chi connectivity index (χ0) is 19.0. The second kappa shape index (κ2) is 10.5. The van der Waals surface area contributed by atoms with Gasteiger partial charge in [0.2, 0.25) is 11.8 Å². The van der Waals surface area contributed by atoms with Crippen LogP contribution in [0.25, 0.3) is 0 Å². The first-order valence-electron chi connectivity index (χ1n) is 9.47. The van der Waals surface area contributed by atoms with E-state index in [0.717, 1.165) is 19.3 Å². The number of ether oxygens (including phenoxy) is 1. The summed E-state index contributed by atoms with van der Waals surface area (Å²) in [6.45, 7) is 8.16. The van der Waals surface area contributed by atoms with Gasteiger partial charge in [0.25, 0.3) is 0 Å². The van der Waals surface area contributed by atoms with Gasteiger partial charge in [-0.1, -0.05) is 27.7 Å². The summed E-state index contributed by atoms with van der Waals surface area (Å²) in [4.78, 5) is 35.2. The summed E-state index contributed by atoms with van der Waals surface area (Å²) in [6, 6.07) is 0. The Morgan fingerprint density at radius 1 is 1.20 bits per heavy atom. The third-order valence-corrected chi connectivity index (χ3v) is 5.24. The Kier molecular flexibility index (Phi) is 9.11. The molecule has 144 valence electrons. The summed E-state index contributed by atoms with van der Waals surface area (Å²) < 4.78 is 6.02. The lowest BCUT2D eigenvalue weighted by Crippen LogP contribution is -2.40. The van der Waals surface area contributed by atoms with Gasteiger partial charge in [-0.05, 0) is 31.1 Å². The first kappa shape index (κ1) is 21.6. The van der Waals surface area contributed by atoms with Gasteiger partial charge in [-0.15, -0.1) is 0 Å². The van der Waals surface area contributed by atoms with Crippen molar-refractivity contribution >= 4 is 17.6 Å². The highest BCUT2D eigenvalue weighted by Crippen LogP contribution is 2.28. The van der Waals surface area contributed by atoms with E-state index in [1.807, 2.05) is 13.8 Å². The van der Waals surface area contributed by atoms with Crippen LogP contribution in [0.5, 0.6) is 0 Å². The second-order valence-electron chi connectivity index (χ2n) is 7.52. The van der Waals surface area contributed by atoms with Crippen molar-refractivity contribution in [3.05, 3.63) is 0 Å². The van der Waals surface area contributed by atoms with E-state index < -0.39 is 0 Å². The fraction of sp³-hybridized carbons (Fsp3) is 0.842. The molecule has 25 heavy (non-hydrogen) atoms. The van der Waals surface area contributed by atoms with Crippen LogP contribution in [0.15, 0.2) is 0 Å². The highest BCUT2D eigenvalue weighted by atomic mass is 16.5. The van der Waals surface area contributed by atoms with Crippen LogP contribution in [-0.2, 0) is 19.1 Å². The Morgan fingerprint density at radius 3 is 2.48 bits per heavy atom. The summed E-state index contributed by atoms with van der Waals surface area (Å²) in [5, 5.41) is 2.87. The number of nitrogens with one attached hydrogen (secondary N) is 1. The van der Waals surface area contributed by atoms with Gasteiger partial charge in [0.1, 0.15) is 5.78 Å². The smallest absolute Gasteiger partial charge is 0.222 e. The molecule has 0 spiro atoms. The Hall–Kier alpha value is -1.43. The molecular formula is C19H34N2O4. The molecule has 5 atom stereocenters. The molecule has 1 rings (SSSR count). The van der Waals surface area contributed by atoms with Crippen molar-refractivity contribution in [2.75, 3.05) is 6.54 Å². The van der Waals surface area contributed by atoms with E-state index in [-0.39, 0.29) is 48.1 Å². The van der Waals surface area contributed by atoms with Crippen molar-refractivity contribution in [3.8, 4) is 0 Å². The molecule has 0 bridgehead atoms. The van der Waals surface area contributed by atoms with E-state index in [4.69, 9.17) is 10.5 Å². The monoisotopic (exact) mass is 354 g/mol. The molecule has 0 aromatic rings. The van der Waals surface area contributed by atoms with E-state index in [9.17, 15) is 14.4 Å². The fourth-order valence-corrected chi connectivity index (χ4v) is 3.11. The van der Waals surface area contributed by atoms with E-state index in [1.54, 1.807) is 6.92 Å². The Balaban J connectivity index is 2.43. The summed E-state index contributed by atoms with van der Waals surface area (Å²) in [5.41, 5.74) is 5.29. The number of hydrogen-bond donors (Lipinski definition) is 2. The van der Waals surface area contributed by atoms with Gasteiger partial charge < -0.3 is 15.8 Å². The predicted molar refractivity (Wildman–Crippen MR) is 96.7 cm³/mol. The maximum atomic E-state index is 12.2. The van der Waals surface area contributed by atoms with Crippen molar-refractivity contribution in [1.82, 2.24) is 5.32 Å². The van der Waals surface area contributed by atoms with Crippen LogP contribution in [0.2, 0.25) is 0 Å². The molecule has 6 heteroatoms. The largest absolute Gasteiger partial charge is 0.374 e. The van der Waals surface area contributed by atoms with Crippen LogP contribution in [0.3, 0.4) is 0 Å². The minimum Gasteiger partial charge on any atom is -0.374 e. The standard InChI is InChI=1S/C19H34N2O4/c1-5-6-15(22)9-16-8-7-12(2)17(25-16)10-18(23)21-11-13(3)14(4)19(20)24/h12-14,16-17H,5-11H2,1-4H3,(H2,20,24)(H,21,23). The van der Waals surface area contributed by atoms with Crippen LogP contribution in [-0.4, -0.2) is 36.4 Å². The number of carbonyl (C=O) groups excluding carboxylic acids is 3. The molecular weight excluding hydrogens is 320 g/mol. The molecule has 1 aliphatic heterocycles. The van der Waals surface area contributed by atoms with Crippen LogP contribution < -0.4 is 11.1 Å². The molecule has 0 radical (unpaired) electrons. The van der Waals surface area contributed by atoms with Crippen LogP contribution >= 0.6 is 0 Å². The summed E-state index contributed by atoms with van der Waals surface area (Å²) >= 11 is 0. The van der Waals surface area contributed by atoms with E-state index in [0.29, 0.717) is 25.3 Å². The average molecular weight is 354 g/mol. The molecule has 1 saturated heterocycles. The van der Waals surface area contributed by atoms with Crippen molar-refractivity contribution in [2.24, 2.45) is 23.5 Å². The number of carbonyl (C=O) groups is 3. The minimum atomic E-state index is -0.356. The SMILES string of the molecule is CCCC(=O)CC1CCC(C)C(CC(=O)NCC(C)C(C)C(N)=O)O1. The molecule has 2 amide bonds. The molecule has 1 fully saturated rings. The number of primary amides is 1. The van der Waals surface area contributed by atoms with Crippen LogP contribution in [0.4, 0.5) is 0 Å². The number of rotatable bonds is 10. The molecule has 1 aliphatic rings. The summed E-state index contributed by atoms with van der Waals surface area (Å²) in [6.07, 6.45) is 3.81. The second-order valence-corrected chi connectivity index (χ2v) is 7.52. The predicted octanol–water partition coefficient (Wildman–Crippen LogP) is 2.19. The van der Waals surface area contributed by atoms with Crippen molar-refractivity contribution in [1.29, 1.82) is 0 Å². The first-order chi connectivity index (χ1) is 11.7. The number of Topliss-reactive ketones (excluding diaryl/α,β-unsaturated/α-hetero) is 1. The summed E-state index contributed by atoms with van der Waals surface area (Å²) in [7, 11) is 0. The highest BCUT2D eigenvalue weighted by molar-refractivity contribution is 5.79. The molecule has 0 saturated carbocycles. The molecule has 0 aliphatic carbocycles. The topological polar surface area (TPSA) is 98.5 Å². The van der Waals surface area contributed by atoms with E-state index in [2.05, 4.69) is 12.2 Å². The number of amides is 2. The lowest BCUT2D eigenvalue weighted by Gasteiger charge is -2.34. The van der Waals surface area contributed by atoms with Gasteiger partial charge in [0.05, 0.1) is 18.6 Å². The molecule has 0 aromatic heterocycles. The average Bonchev–Trinajstić information content (AvgIpc) is 2.55. The molecule has 5 unspecified atom stereocenters. The number of hydrogen-bond acceptors (Lipinski definition) is 4. The van der Waals surface area contributed by atoms with Gasteiger partial charge in [0, 0.05) is 25.3 Å². The van der Waals surface area contributed by atoms with Crippen LogP contribution in [0, 0.1) is 17.8 Å². The highest BCUT2D eigenvalue weighted by Gasteiger charge is 2.31. The van der Waals surface area contributed by atoms with Crippen molar-refractivity contribution in [2.45, 2.75) is 78.4 Å². The van der Waals surface area contributed by atoms with Gasteiger partial charge in [-0.2, -0.15) is 0 Å². The quantitative estimate of drug-likeness (QED) is 0.628. The van der Waals surface area contributed by atoms with Gasteiger partial charge in [-0.25, -0.2) is 0 Å². The first-order valence-corrected chi connectivity index (χ1v) is 9.47. The van der Waals surface area contributed by atoms with Gasteiger partial charge in [0.15, 0.2) is 0 Å². The normalized spacial score (nSPS) is 25.8. The number of ketones is 1. The molecule has 1 heterocycles. The third-order valence-electron chi connectivity index (χ3n) is 5.24. The number of nitrogens with two attached hydrogens (primary N) is 1. The zero-order valence-electron chi connectivity index (χ0n) is 16.0. The zero-order valence-corrected chi connectivity index (χ0v) is 16.0. The maximum Gasteiger partial charge on any atom is 0.222 e. The van der Waals surface area contributed by atoms with Crippen molar-refractivity contribution in [3.63, 3.8) is 0 Å². The minimum absolute atomic E-state index is 0.00874. The van der Waals surface area contributed by atoms with Crippen molar-refractivity contribution < 1.29 is 19.1 Å². The molecule has 6 nitrogen and oxygen atoms in total. The molecule has 0 aromatic carbocycles. The van der Waals surface area contributed by atoms with Crippen LogP contribution in [0.1, 0.15) is 66.2 Å². The Bertz CT molecular complexity index is 466. The Labute approximate surface area is 151 Å². The summed E-state index contributed by atoms with van der Waals surface area (Å²) in [5.74, 6) is -0.194. The van der Waals surface area contributed by atoms with E-state index in [1.165, 1.54) is 0 Å². The van der Waals surface area contributed by atoms with Gasteiger partial charge >= 0.3 is 0 Å². The third kappa shape index (κ3) is 7.55. The maximum absolute atomic E-state index is 12.2.